The van der Waals surface area contributed by atoms with Crippen LogP contribution in [0.1, 0.15) is 18.2 Å². The van der Waals surface area contributed by atoms with Crippen molar-refractivity contribution in [1.82, 2.24) is 29.7 Å². The summed E-state index contributed by atoms with van der Waals surface area (Å²) < 4.78 is 1.96. The molecule has 0 aliphatic carbocycles. The number of carbonyl (C=O) groups excluding carboxylic acids is 2. The van der Waals surface area contributed by atoms with E-state index in [1.807, 2.05) is 16.7 Å². The number of benzene rings is 1. The van der Waals surface area contributed by atoms with Crippen molar-refractivity contribution in [1.29, 1.82) is 0 Å². The van der Waals surface area contributed by atoms with Crippen molar-refractivity contribution in [3.8, 4) is 5.69 Å². The third kappa shape index (κ3) is 4.32. The molecule has 2 aliphatic rings. The summed E-state index contributed by atoms with van der Waals surface area (Å²) in [5, 5.41) is 1.91. The smallest absolute Gasteiger partial charge is 0.290 e. The molecule has 0 unspecified atom stereocenters. The SMILES string of the molecule is CCN1CCN(Cc2cccc(-n3cnc4ccc(/C=C5\SC(=O)NC5=O)nc43)c2)CC1. The summed E-state index contributed by atoms with van der Waals surface area (Å²) in [4.78, 5) is 37.8. The van der Waals surface area contributed by atoms with Gasteiger partial charge in [0.25, 0.3) is 11.1 Å². The molecule has 164 valence electrons. The van der Waals surface area contributed by atoms with E-state index in [2.05, 4.69) is 45.2 Å². The van der Waals surface area contributed by atoms with Crippen molar-refractivity contribution in [3.05, 3.63) is 58.9 Å². The van der Waals surface area contributed by atoms with E-state index in [9.17, 15) is 9.59 Å². The molecule has 1 N–H and O–H groups in total. The molecule has 1 aromatic carbocycles. The molecule has 8 nitrogen and oxygen atoms in total. The largest absolute Gasteiger partial charge is 0.301 e. The number of carbonyl (C=O) groups is 2. The Kier molecular flexibility index (Phi) is 5.77. The number of piperazine rings is 1. The van der Waals surface area contributed by atoms with Crippen molar-refractivity contribution in [2.24, 2.45) is 0 Å². The number of nitrogens with one attached hydrogen (secondary N) is 1. The number of amides is 2. The highest BCUT2D eigenvalue weighted by Gasteiger charge is 2.25. The second-order valence-electron chi connectivity index (χ2n) is 7.93. The average Bonchev–Trinajstić information content (AvgIpc) is 3.36. The fourth-order valence-electron chi connectivity index (χ4n) is 4.06. The van der Waals surface area contributed by atoms with Crippen molar-refractivity contribution in [2.75, 3.05) is 32.7 Å². The highest BCUT2D eigenvalue weighted by Crippen LogP contribution is 2.26. The zero-order valence-electron chi connectivity index (χ0n) is 17.8. The summed E-state index contributed by atoms with van der Waals surface area (Å²) in [5.41, 5.74) is 4.34. The molecule has 0 saturated carbocycles. The summed E-state index contributed by atoms with van der Waals surface area (Å²) >= 11 is 0.888. The topological polar surface area (TPSA) is 83.4 Å². The molecule has 2 amide bonds. The molecule has 3 aromatic rings. The van der Waals surface area contributed by atoms with Gasteiger partial charge in [0, 0.05) is 38.4 Å². The van der Waals surface area contributed by atoms with Gasteiger partial charge >= 0.3 is 0 Å². The number of aromatic nitrogens is 3. The number of nitrogens with zero attached hydrogens (tertiary/aromatic N) is 5. The van der Waals surface area contributed by atoms with Gasteiger partial charge in [-0.1, -0.05) is 19.1 Å². The first-order valence-electron chi connectivity index (χ1n) is 10.7. The predicted octanol–water partition coefficient (Wildman–Crippen LogP) is 2.88. The molecule has 2 aromatic heterocycles. The molecule has 0 spiro atoms. The summed E-state index contributed by atoms with van der Waals surface area (Å²) in [6.07, 6.45) is 3.41. The number of thioether (sulfide) groups is 1. The van der Waals surface area contributed by atoms with Crippen molar-refractivity contribution in [3.63, 3.8) is 0 Å². The highest BCUT2D eigenvalue weighted by molar-refractivity contribution is 8.18. The standard InChI is InChI=1S/C23H24N6O2S/c1-2-27-8-10-28(11-9-27)14-16-4-3-5-18(12-16)29-15-24-19-7-6-17(25-21(19)29)13-20-22(30)26-23(31)32-20/h3-7,12-13,15H,2,8-11,14H2,1H3,(H,26,30,31)/b20-13-. The maximum Gasteiger partial charge on any atom is 0.290 e. The van der Waals surface area contributed by atoms with Gasteiger partial charge in [0.2, 0.25) is 0 Å². The number of rotatable bonds is 5. The number of imidazole rings is 1. The maximum absolute atomic E-state index is 11.9. The summed E-state index contributed by atoms with van der Waals surface area (Å²) in [6.45, 7) is 8.65. The lowest BCUT2D eigenvalue weighted by molar-refractivity contribution is -0.115. The molecule has 0 atom stereocenters. The van der Waals surface area contributed by atoms with Crippen LogP contribution in [0.2, 0.25) is 0 Å². The first-order chi connectivity index (χ1) is 15.6. The van der Waals surface area contributed by atoms with E-state index in [0.717, 1.165) is 62.2 Å². The van der Waals surface area contributed by atoms with Gasteiger partial charge in [-0.3, -0.25) is 24.4 Å². The lowest BCUT2D eigenvalue weighted by Crippen LogP contribution is -2.45. The molecule has 32 heavy (non-hydrogen) atoms. The normalized spacial score (nSPS) is 19.2. The molecule has 4 heterocycles. The number of fused-ring (bicyclic) bond motifs is 1. The molecule has 0 bridgehead atoms. The van der Waals surface area contributed by atoms with Crippen LogP contribution in [-0.4, -0.2) is 68.2 Å². The minimum Gasteiger partial charge on any atom is -0.301 e. The lowest BCUT2D eigenvalue weighted by Gasteiger charge is -2.34. The fourth-order valence-corrected chi connectivity index (χ4v) is 4.73. The Bertz CT molecular complexity index is 1210. The number of hydrogen-bond acceptors (Lipinski definition) is 7. The Labute approximate surface area is 190 Å². The van der Waals surface area contributed by atoms with E-state index in [-0.39, 0.29) is 11.1 Å². The first-order valence-corrected chi connectivity index (χ1v) is 11.5. The van der Waals surface area contributed by atoms with Crippen molar-refractivity contribution in [2.45, 2.75) is 13.5 Å². The van der Waals surface area contributed by atoms with Gasteiger partial charge < -0.3 is 4.90 Å². The zero-order chi connectivity index (χ0) is 22.1. The van der Waals surface area contributed by atoms with Crippen LogP contribution < -0.4 is 5.32 Å². The molecule has 2 saturated heterocycles. The van der Waals surface area contributed by atoms with Gasteiger partial charge in [-0.25, -0.2) is 9.97 Å². The van der Waals surface area contributed by atoms with Crippen LogP contribution in [-0.2, 0) is 11.3 Å². The Morgan fingerprint density at radius 1 is 1.09 bits per heavy atom. The van der Waals surface area contributed by atoms with Crippen LogP contribution >= 0.6 is 11.8 Å². The van der Waals surface area contributed by atoms with E-state index in [1.165, 1.54) is 5.56 Å². The Balaban J connectivity index is 1.40. The van der Waals surface area contributed by atoms with Gasteiger partial charge in [0.05, 0.1) is 10.6 Å². The van der Waals surface area contributed by atoms with Crippen LogP contribution in [0.25, 0.3) is 22.9 Å². The van der Waals surface area contributed by atoms with E-state index in [0.29, 0.717) is 16.2 Å². The Hall–Kier alpha value is -3.01. The lowest BCUT2D eigenvalue weighted by atomic mass is 10.1. The van der Waals surface area contributed by atoms with Crippen LogP contribution in [0.5, 0.6) is 0 Å². The second-order valence-corrected chi connectivity index (χ2v) is 8.94. The van der Waals surface area contributed by atoms with Crippen molar-refractivity contribution >= 4 is 40.1 Å². The van der Waals surface area contributed by atoms with Crippen LogP contribution in [0.3, 0.4) is 0 Å². The maximum atomic E-state index is 11.9. The molecule has 5 rings (SSSR count). The predicted molar refractivity (Wildman–Crippen MR) is 125 cm³/mol. The van der Waals surface area contributed by atoms with Crippen LogP contribution in [0.4, 0.5) is 4.79 Å². The van der Waals surface area contributed by atoms with E-state index >= 15 is 0 Å². The molecule has 2 fully saturated rings. The first kappa shape index (κ1) is 20.9. The average molecular weight is 449 g/mol. The Morgan fingerprint density at radius 3 is 2.66 bits per heavy atom. The summed E-state index contributed by atoms with van der Waals surface area (Å²) in [7, 11) is 0. The van der Waals surface area contributed by atoms with Gasteiger partial charge in [0.1, 0.15) is 11.8 Å². The number of likely N-dealkylation sites (N-methyl/N-ethyl adjacent to an activating group) is 1. The van der Waals surface area contributed by atoms with Gasteiger partial charge in [0.15, 0.2) is 5.65 Å². The molecular formula is C23H24N6O2S. The van der Waals surface area contributed by atoms with Crippen LogP contribution in [0.15, 0.2) is 47.6 Å². The van der Waals surface area contributed by atoms with E-state index < -0.39 is 0 Å². The highest BCUT2D eigenvalue weighted by atomic mass is 32.2. The van der Waals surface area contributed by atoms with Gasteiger partial charge in [-0.2, -0.15) is 0 Å². The molecule has 9 heteroatoms. The van der Waals surface area contributed by atoms with E-state index in [1.54, 1.807) is 18.5 Å². The number of hydrogen-bond donors (Lipinski definition) is 1. The quantitative estimate of drug-likeness (QED) is 0.601. The molecule has 2 aliphatic heterocycles. The minimum absolute atomic E-state index is 0.345. The number of imide groups is 1. The Morgan fingerprint density at radius 2 is 1.91 bits per heavy atom. The molecule has 0 radical (unpaired) electrons. The second kappa shape index (κ2) is 8.85. The fraction of sp³-hybridized carbons (Fsp3) is 0.304. The minimum atomic E-state index is -0.386. The van der Waals surface area contributed by atoms with E-state index in [4.69, 9.17) is 4.98 Å². The van der Waals surface area contributed by atoms with Crippen LogP contribution in [0, 0.1) is 0 Å². The monoisotopic (exact) mass is 448 g/mol. The third-order valence-electron chi connectivity index (χ3n) is 5.84. The summed E-state index contributed by atoms with van der Waals surface area (Å²) in [6, 6.07) is 12.1. The number of pyridine rings is 1. The molecular weight excluding hydrogens is 424 g/mol. The van der Waals surface area contributed by atoms with Crippen molar-refractivity contribution < 1.29 is 9.59 Å². The zero-order valence-corrected chi connectivity index (χ0v) is 18.6. The third-order valence-corrected chi connectivity index (χ3v) is 6.66. The summed E-state index contributed by atoms with van der Waals surface area (Å²) in [5.74, 6) is -0.386. The van der Waals surface area contributed by atoms with Gasteiger partial charge in [-0.05, 0) is 54.2 Å². The van der Waals surface area contributed by atoms with Gasteiger partial charge in [-0.15, -0.1) is 0 Å².